The van der Waals surface area contributed by atoms with Crippen molar-refractivity contribution in [2.45, 2.75) is 46.5 Å². The number of carbonyl (C=O) groups is 1. The molecule has 0 fully saturated rings. The summed E-state index contributed by atoms with van der Waals surface area (Å²) in [6, 6.07) is 5.53. The van der Waals surface area contributed by atoms with Crippen molar-refractivity contribution in [3.8, 4) is 0 Å². The van der Waals surface area contributed by atoms with Gasteiger partial charge in [0.05, 0.1) is 11.1 Å². The van der Waals surface area contributed by atoms with Crippen LogP contribution >= 0.6 is 0 Å². The Hall–Kier alpha value is -2.10. The maximum Gasteiger partial charge on any atom is 0.345 e. The van der Waals surface area contributed by atoms with Crippen LogP contribution in [-0.2, 0) is 17.6 Å². The second kappa shape index (κ2) is 6.57. The summed E-state index contributed by atoms with van der Waals surface area (Å²) in [4.78, 5) is 23.6. The zero-order chi connectivity index (χ0) is 15.4. The van der Waals surface area contributed by atoms with Crippen molar-refractivity contribution in [3.05, 3.63) is 39.9 Å². The molecule has 1 amide bonds. The maximum absolute atomic E-state index is 12.3. The summed E-state index contributed by atoms with van der Waals surface area (Å²) in [5.74, 6) is 0.577. The molecule has 4 nitrogen and oxygen atoms in total. The van der Waals surface area contributed by atoms with Gasteiger partial charge >= 0.3 is 5.63 Å². The first-order valence-electron chi connectivity index (χ1n) is 7.43. The van der Waals surface area contributed by atoms with Gasteiger partial charge < -0.3 is 9.73 Å². The molecule has 0 aliphatic rings. The maximum atomic E-state index is 12.3. The van der Waals surface area contributed by atoms with E-state index in [-0.39, 0.29) is 11.5 Å². The van der Waals surface area contributed by atoms with E-state index in [0.717, 1.165) is 42.4 Å². The van der Waals surface area contributed by atoms with Crippen LogP contribution in [0.15, 0.2) is 27.4 Å². The number of anilines is 1. The van der Waals surface area contributed by atoms with Gasteiger partial charge in [0.25, 0.3) is 0 Å². The van der Waals surface area contributed by atoms with Gasteiger partial charge in [0.2, 0.25) is 5.91 Å². The monoisotopic (exact) mass is 287 g/mol. The molecule has 21 heavy (non-hydrogen) atoms. The summed E-state index contributed by atoms with van der Waals surface area (Å²) in [6.07, 6.45) is 3.52. The van der Waals surface area contributed by atoms with Crippen LogP contribution in [0.3, 0.4) is 0 Å². The Bertz CT molecular complexity index is 716. The lowest BCUT2D eigenvalue weighted by atomic mass is 9.99. The molecule has 1 aromatic carbocycles. The molecule has 0 aliphatic carbocycles. The summed E-state index contributed by atoms with van der Waals surface area (Å²) in [7, 11) is 0. The fourth-order valence-electron chi connectivity index (χ4n) is 2.65. The van der Waals surface area contributed by atoms with Crippen LogP contribution in [0, 0.1) is 0 Å². The van der Waals surface area contributed by atoms with E-state index >= 15 is 0 Å². The molecule has 0 saturated carbocycles. The Balaban J connectivity index is 2.76. The minimum atomic E-state index is -0.377. The Morgan fingerprint density at radius 2 is 1.90 bits per heavy atom. The van der Waals surface area contributed by atoms with Crippen molar-refractivity contribution < 1.29 is 9.21 Å². The first kappa shape index (κ1) is 15.3. The average molecular weight is 287 g/mol. The molecule has 0 radical (unpaired) electrons. The summed E-state index contributed by atoms with van der Waals surface area (Å²) in [5, 5.41) is 4.07. The number of carbonyl (C=O) groups excluding carboxylic acids is 1. The van der Waals surface area contributed by atoms with Crippen LogP contribution in [0.2, 0.25) is 0 Å². The predicted octanol–water partition coefficient (Wildman–Crippen LogP) is 3.66. The van der Waals surface area contributed by atoms with E-state index in [1.165, 1.54) is 6.92 Å². The van der Waals surface area contributed by atoms with Crippen LogP contribution in [0.25, 0.3) is 10.8 Å². The normalized spacial score (nSPS) is 10.8. The number of hydrogen-bond acceptors (Lipinski definition) is 3. The third-order valence-electron chi connectivity index (χ3n) is 3.43. The van der Waals surface area contributed by atoms with Crippen LogP contribution in [0.1, 0.15) is 44.9 Å². The van der Waals surface area contributed by atoms with Gasteiger partial charge in [0.15, 0.2) is 0 Å². The topological polar surface area (TPSA) is 59.3 Å². The smallest absolute Gasteiger partial charge is 0.345 e. The van der Waals surface area contributed by atoms with Crippen LogP contribution in [-0.4, -0.2) is 5.91 Å². The van der Waals surface area contributed by atoms with E-state index in [2.05, 4.69) is 19.2 Å². The highest BCUT2D eigenvalue weighted by Gasteiger charge is 2.15. The van der Waals surface area contributed by atoms with Crippen molar-refractivity contribution in [1.82, 2.24) is 0 Å². The van der Waals surface area contributed by atoms with E-state index < -0.39 is 0 Å². The molecule has 0 aliphatic heterocycles. The number of rotatable bonds is 5. The van der Waals surface area contributed by atoms with Crippen LogP contribution < -0.4 is 10.9 Å². The third kappa shape index (κ3) is 3.15. The summed E-state index contributed by atoms with van der Waals surface area (Å²) in [6.45, 7) is 5.59. The van der Waals surface area contributed by atoms with E-state index in [1.807, 2.05) is 12.1 Å². The Morgan fingerprint density at radius 3 is 2.52 bits per heavy atom. The van der Waals surface area contributed by atoms with Crippen molar-refractivity contribution in [2.75, 3.05) is 5.32 Å². The number of benzene rings is 1. The minimum Gasteiger partial charge on any atom is -0.427 e. The lowest BCUT2D eigenvalue weighted by Gasteiger charge is -2.12. The molecular formula is C17H21NO3. The predicted molar refractivity (Wildman–Crippen MR) is 84.8 cm³/mol. The van der Waals surface area contributed by atoms with Gasteiger partial charge in [-0.15, -0.1) is 0 Å². The average Bonchev–Trinajstić information content (AvgIpc) is 2.42. The van der Waals surface area contributed by atoms with Crippen molar-refractivity contribution in [3.63, 3.8) is 0 Å². The molecule has 0 saturated heterocycles. The molecule has 2 rings (SSSR count). The number of hydrogen-bond donors (Lipinski definition) is 1. The molecule has 0 bridgehead atoms. The fourth-order valence-corrected chi connectivity index (χ4v) is 2.65. The second-order valence-corrected chi connectivity index (χ2v) is 5.20. The lowest BCUT2D eigenvalue weighted by Crippen LogP contribution is -2.12. The third-order valence-corrected chi connectivity index (χ3v) is 3.43. The summed E-state index contributed by atoms with van der Waals surface area (Å²) >= 11 is 0. The van der Waals surface area contributed by atoms with Crippen molar-refractivity contribution >= 4 is 22.4 Å². The first-order valence-corrected chi connectivity index (χ1v) is 7.43. The van der Waals surface area contributed by atoms with Crippen LogP contribution in [0.5, 0.6) is 0 Å². The molecule has 1 heterocycles. The summed E-state index contributed by atoms with van der Waals surface area (Å²) < 4.78 is 5.53. The van der Waals surface area contributed by atoms with Gasteiger partial charge in [-0.05, 0) is 29.9 Å². The zero-order valence-corrected chi connectivity index (χ0v) is 12.8. The van der Waals surface area contributed by atoms with Gasteiger partial charge in [0.1, 0.15) is 5.76 Å². The van der Waals surface area contributed by atoms with Gasteiger partial charge in [0, 0.05) is 13.3 Å². The van der Waals surface area contributed by atoms with E-state index in [0.29, 0.717) is 11.1 Å². The standard InChI is InChI=1S/C17H21NO3/c1-4-7-12-13-9-6-10-14(18-11(3)19)16(13)17(20)21-15(12)8-5-2/h6,9-10H,4-5,7-8H2,1-3H3,(H,18,19). The number of fused-ring (bicyclic) bond motifs is 1. The Labute approximate surface area is 124 Å². The molecule has 0 atom stereocenters. The Kier molecular flexibility index (Phi) is 4.78. The van der Waals surface area contributed by atoms with Crippen molar-refractivity contribution in [2.24, 2.45) is 0 Å². The molecule has 1 N–H and O–H groups in total. The van der Waals surface area contributed by atoms with Gasteiger partial charge in [-0.3, -0.25) is 4.79 Å². The van der Waals surface area contributed by atoms with Gasteiger partial charge in [-0.25, -0.2) is 4.79 Å². The molecule has 0 unspecified atom stereocenters. The molecule has 2 aromatic rings. The van der Waals surface area contributed by atoms with E-state index in [1.54, 1.807) is 6.07 Å². The molecule has 1 aromatic heterocycles. The number of amides is 1. The molecular weight excluding hydrogens is 266 g/mol. The van der Waals surface area contributed by atoms with Gasteiger partial charge in [-0.2, -0.15) is 0 Å². The SMILES string of the molecule is CCCc1oc(=O)c2c(NC(C)=O)cccc2c1CCC. The second-order valence-electron chi connectivity index (χ2n) is 5.20. The lowest BCUT2D eigenvalue weighted by molar-refractivity contribution is -0.114. The Morgan fingerprint density at radius 1 is 1.19 bits per heavy atom. The van der Waals surface area contributed by atoms with E-state index in [9.17, 15) is 9.59 Å². The van der Waals surface area contributed by atoms with Crippen molar-refractivity contribution in [1.29, 1.82) is 0 Å². The van der Waals surface area contributed by atoms with Crippen LogP contribution in [0.4, 0.5) is 5.69 Å². The quantitative estimate of drug-likeness (QED) is 0.913. The molecule has 112 valence electrons. The van der Waals surface area contributed by atoms with Gasteiger partial charge in [-0.1, -0.05) is 32.4 Å². The minimum absolute atomic E-state index is 0.198. The number of nitrogens with one attached hydrogen (secondary N) is 1. The fraction of sp³-hybridized carbons (Fsp3) is 0.412. The highest BCUT2D eigenvalue weighted by atomic mass is 16.4. The first-order chi connectivity index (χ1) is 10.1. The van der Waals surface area contributed by atoms with E-state index in [4.69, 9.17) is 4.42 Å². The highest BCUT2D eigenvalue weighted by Crippen LogP contribution is 2.27. The molecule has 0 spiro atoms. The largest absolute Gasteiger partial charge is 0.427 e. The zero-order valence-electron chi connectivity index (χ0n) is 12.8. The summed E-state index contributed by atoms with van der Waals surface area (Å²) in [5.41, 5.74) is 1.23. The molecule has 4 heteroatoms. The number of aryl methyl sites for hydroxylation is 2. The highest BCUT2D eigenvalue weighted by molar-refractivity contribution is 6.01.